The van der Waals surface area contributed by atoms with E-state index >= 15 is 0 Å². The van der Waals surface area contributed by atoms with Gasteiger partial charge in [0.2, 0.25) is 0 Å². The summed E-state index contributed by atoms with van der Waals surface area (Å²) in [6, 6.07) is 0.694. The second-order valence-corrected chi connectivity index (χ2v) is 2.66. The molecule has 8 heavy (non-hydrogen) atoms. The molecule has 0 unspecified atom stereocenters. The molecule has 1 aliphatic carbocycles. The van der Waals surface area contributed by atoms with E-state index in [0.29, 0.717) is 6.04 Å². The first-order valence-electron chi connectivity index (χ1n) is 3.30. The third-order valence-electron chi connectivity index (χ3n) is 1.52. The molecule has 1 heteroatoms. The van der Waals surface area contributed by atoms with E-state index in [1.807, 2.05) is 0 Å². The molecular formula is C7H13N. The van der Waals surface area contributed by atoms with Crippen molar-refractivity contribution in [3.05, 3.63) is 0 Å². The van der Waals surface area contributed by atoms with Gasteiger partial charge in [-0.1, -0.05) is 0 Å². The average Bonchev–Trinajstić information content (AvgIpc) is 1.55. The van der Waals surface area contributed by atoms with Crippen molar-refractivity contribution >= 4 is 5.71 Å². The zero-order valence-electron chi connectivity index (χ0n) is 5.65. The third kappa shape index (κ3) is 1.32. The van der Waals surface area contributed by atoms with Crippen LogP contribution in [0.2, 0.25) is 0 Å². The Morgan fingerprint density at radius 1 is 1.38 bits per heavy atom. The lowest BCUT2D eigenvalue weighted by atomic mass is 9.94. The molecule has 46 valence electrons. The summed E-state index contributed by atoms with van der Waals surface area (Å²) in [5, 5.41) is 0. The summed E-state index contributed by atoms with van der Waals surface area (Å²) >= 11 is 0. The highest BCUT2D eigenvalue weighted by molar-refractivity contribution is 5.79. The van der Waals surface area contributed by atoms with E-state index < -0.39 is 0 Å². The predicted octanol–water partition coefficient (Wildman–Crippen LogP) is 2.02. The fourth-order valence-corrected chi connectivity index (χ4v) is 0.881. The van der Waals surface area contributed by atoms with E-state index in [4.69, 9.17) is 0 Å². The van der Waals surface area contributed by atoms with Gasteiger partial charge in [0.25, 0.3) is 0 Å². The Labute approximate surface area is 50.8 Å². The number of aliphatic imine (C=N–C) groups is 1. The molecule has 0 amide bonds. The Hall–Kier alpha value is -0.330. The van der Waals surface area contributed by atoms with Crippen LogP contribution in [0.1, 0.15) is 33.1 Å². The molecule has 1 aliphatic rings. The first-order chi connectivity index (χ1) is 3.79. The summed E-state index contributed by atoms with van der Waals surface area (Å²) in [4.78, 5) is 4.40. The van der Waals surface area contributed by atoms with E-state index in [0.717, 1.165) is 0 Å². The molecule has 0 spiro atoms. The Morgan fingerprint density at radius 2 is 2.00 bits per heavy atom. The Bertz CT molecular complexity index is 97.0. The summed E-state index contributed by atoms with van der Waals surface area (Å²) in [6.45, 7) is 4.14. The van der Waals surface area contributed by atoms with Gasteiger partial charge in [-0.15, -0.1) is 0 Å². The molecule has 0 aromatic heterocycles. The van der Waals surface area contributed by atoms with Gasteiger partial charge >= 0.3 is 0 Å². The summed E-state index contributed by atoms with van der Waals surface area (Å²) in [6.07, 6.45) is 4.04. The minimum atomic E-state index is 0.694. The number of nitrogens with zero attached hydrogens (tertiary/aromatic N) is 1. The van der Waals surface area contributed by atoms with Crippen LogP contribution in [0, 0.1) is 0 Å². The van der Waals surface area contributed by atoms with Gasteiger partial charge in [-0.25, -0.2) is 0 Å². The van der Waals surface area contributed by atoms with Crippen LogP contribution in [0.5, 0.6) is 0 Å². The zero-order chi connectivity index (χ0) is 5.98. The molecule has 1 saturated carbocycles. The fourth-order valence-electron chi connectivity index (χ4n) is 0.881. The molecule has 0 heterocycles. The Kier molecular flexibility index (Phi) is 1.66. The number of hydrogen-bond acceptors (Lipinski definition) is 1. The smallest absolute Gasteiger partial charge is 0.0498 e. The van der Waals surface area contributed by atoms with Gasteiger partial charge in [-0.05, 0) is 33.1 Å². The lowest BCUT2D eigenvalue weighted by molar-refractivity contribution is 0.420. The Morgan fingerprint density at radius 3 is 2.12 bits per heavy atom. The van der Waals surface area contributed by atoms with Gasteiger partial charge in [-0.3, -0.25) is 4.99 Å². The van der Waals surface area contributed by atoms with Gasteiger partial charge in [0.15, 0.2) is 0 Å². The molecular weight excluding hydrogens is 98.1 g/mol. The largest absolute Gasteiger partial charge is 0.291 e. The maximum atomic E-state index is 4.40. The van der Waals surface area contributed by atoms with Gasteiger partial charge < -0.3 is 0 Å². The van der Waals surface area contributed by atoms with Crippen LogP contribution in [0.4, 0.5) is 0 Å². The highest BCUT2D eigenvalue weighted by Crippen LogP contribution is 2.21. The standard InChI is InChI=1S/C7H13N/c1-6(2)8-7-4-3-5-7/h7H,3-5H2,1-2H3. The quantitative estimate of drug-likeness (QED) is 0.459. The van der Waals surface area contributed by atoms with Crippen LogP contribution in [-0.4, -0.2) is 11.8 Å². The molecule has 1 rings (SSSR count). The molecule has 1 nitrogen and oxygen atoms in total. The maximum Gasteiger partial charge on any atom is 0.0498 e. The molecule has 0 aromatic rings. The lowest BCUT2D eigenvalue weighted by Gasteiger charge is -2.20. The van der Waals surface area contributed by atoms with Gasteiger partial charge in [0.1, 0.15) is 0 Å². The van der Waals surface area contributed by atoms with Crippen LogP contribution >= 0.6 is 0 Å². The highest BCUT2D eigenvalue weighted by Gasteiger charge is 2.14. The lowest BCUT2D eigenvalue weighted by Crippen LogP contribution is -2.15. The van der Waals surface area contributed by atoms with Crippen molar-refractivity contribution in [3.8, 4) is 0 Å². The molecule has 0 aliphatic heterocycles. The zero-order valence-corrected chi connectivity index (χ0v) is 5.65. The predicted molar refractivity (Wildman–Crippen MR) is 36.4 cm³/mol. The van der Waals surface area contributed by atoms with E-state index in [-0.39, 0.29) is 0 Å². The molecule has 0 aromatic carbocycles. The van der Waals surface area contributed by atoms with E-state index in [9.17, 15) is 0 Å². The van der Waals surface area contributed by atoms with Crippen molar-refractivity contribution in [2.45, 2.75) is 39.2 Å². The first kappa shape index (κ1) is 5.80. The SMILES string of the molecule is CC(C)=NC1CCC1. The first-order valence-corrected chi connectivity index (χ1v) is 3.30. The van der Waals surface area contributed by atoms with Crippen LogP contribution in [-0.2, 0) is 0 Å². The molecule has 0 saturated heterocycles. The van der Waals surface area contributed by atoms with Crippen LogP contribution < -0.4 is 0 Å². The monoisotopic (exact) mass is 111 g/mol. The molecule has 0 N–H and O–H groups in total. The normalized spacial score (nSPS) is 19.8. The van der Waals surface area contributed by atoms with Crippen molar-refractivity contribution in [1.29, 1.82) is 0 Å². The molecule has 0 atom stereocenters. The highest BCUT2D eigenvalue weighted by atomic mass is 14.8. The fraction of sp³-hybridized carbons (Fsp3) is 0.857. The van der Waals surface area contributed by atoms with Crippen molar-refractivity contribution in [1.82, 2.24) is 0 Å². The maximum absolute atomic E-state index is 4.40. The van der Waals surface area contributed by atoms with Gasteiger partial charge in [-0.2, -0.15) is 0 Å². The molecule has 1 fully saturated rings. The third-order valence-corrected chi connectivity index (χ3v) is 1.52. The van der Waals surface area contributed by atoms with Crippen molar-refractivity contribution in [3.63, 3.8) is 0 Å². The van der Waals surface area contributed by atoms with Crippen molar-refractivity contribution in [2.75, 3.05) is 0 Å². The van der Waals surface area contributed by atoms with Crippen LogP contribution in [0.3, 0.4) is 0 Å². The Balaban J connectivity index is 2.27. The van der Waals surface area contributed by atoms with Gasteiger partial charge in [0.05, 0.1) is 0 Å². The minimum absolute atomic E-state index is 0.694. The average molecular weight is 111 g/mol. The summed E-state index contributed by atoms with van der Waals surface area (Å²) in [5.74, 6) is 0. The molecule has 0 bridgehead atoms. The van der Waals surface area contributed by atoms with Crippen LogP contribution in [0.25, 0.3) is 0 Å². The summed E-state index contributed by atoms with van der Waals surface area (Å²) < 4.78 is 0. The molecule has 0 radical (unpaired) electrons. The second-order valence-electron chi connectivity index (χ2n) is 2.66. The topological polar surface area (TPSA) is 12.4 Å². The van der Waals surface area contributed by atoms with Crippen molar-refractivity contribution < 1.29 is 0 Å². The number of rotatable bonds is 1. The summed E-state index contributed by atoms with van der Waals surface area (Å²) in [7, 11) is 0. The van der Waals surface area contributed by atoms with E-state index in [2.05, 4.69) is 18.8 Å². The summed E-state index contributed by atoms with van der Waals surface area (Å²) in [5.41, 5.74) is 1.23. The van der Waals surface area contributed by atoms with E-state index in [1.54, 1.807) is 0 Å². The number of hydrogen-bond donors (Lipinski definition) is 0. The minimum Gasteiger partial charge on any atom is -0.291 e. The second kappa shape index (κ2) is 2.29. The van der Waals surface area contributed by atoms with E-state index in [1.165, 1.54) is 25.0 Å². The van der Waals surface area contributed by atoms with Crippen LogP contribution in [0.15, 0.2) is 4.99 Å². The van der Waals surface area contributed by atoms with Crippen molar-refractivity contribution in [2.24, 2.45) is 4.99 Å². The van der Waals surface area contributed by atoms with Gasteiger partial charge in [0, 0.05) is 11.8 Å².